The van der Waals surface area contributed by atoms with Crippen molar-refractivity contribution in [1.82, 2.24) is 10.2 Å². The van der Waals surface area contributed by atoms with Gasteiger partial charge in [-0.05, 0) is 12.8 Å². The highest BCUT2D eigenvalue weighted by Gasteiger charge is 2.30. The van der Waals surface area contributed by atoms with E-state index >= 15 is 0 Å². The Hall–Kier alpha value is -1.10. The Kier molecular flexibility index (Phi) is 4.08. The Bertz CT molecular complexity index is 255. The SMILES string of the molecule is CCC(N)CC(=O)NC1CCN(C)C1=O. The van der Waals surface area contributed by atoms with Crippen LogP contribution in [-0.2, 0) is 9.59 Å². The summed E-state index contributed by atoms with van der Waals surface area (Å²) in [5.74, 6) is -0.133. The number of hydrogen-bond donors (Lipinski definition) is 2. The summed E-state index contributed by atoms with van der Waals surface area (Å²) < 4.78 is 0. The molecule has 0 saturated carbocycles. The number of rotatable bonds is 4. The molecule has 5 nitrogen and oxygen atoms in total. The minimum Gasteiger partial charge on any atom is -0.344 e. The van der Waals surface area contributed by atoms with E-state index in [-0.39, 0.29) is 23.9 Å². The largest absolute Gasteiger partial charge is 0.344 e. The zero-order chi connectivity index (χ0) is 11.4. The topological polar surface area (TPSA) is 75.4 Å². The second kappa shape index (κ2) is 5.11. The summed E-state index contributed by atoms with van der Waals surface area (Å²) in [4.78, 5) is 24.6. The molecule has 0 aromatic heterocycles. The smallest absolute Gasteiger partial charge is 0.244 e. The number of nitrogens with two attached hydrogens (primary N) is 1. The van der Waals surface area contributed by atoms with Crippen LogP contribution >= 0.6 is 0 Å². The summed E-state index contributed by atoms with van der Waals surface area (Å²) in [5.41, 5.74) is 5.65. The average Bonchev–Trinajstić information content (AvgIpc) is 2.49. The molecule has 15 heavy (non-hydrogen) atoms. The normalized spacial score (nSPS) is 23.0. The molecule has 1 aliphatic rings. The maximum atomic E-state index is 11.5. The first-order chi connectivity index (χ1) is 7.04. The van der Waals surface area contributed by atoms with Gasteiger partial charge in [-0.25, -0.2) is 0 Å². The molecule has 2 amide bonds. The highest BCUT2D eigenvalue weighted by molar-refractivity contribution is 5.89. The van der Waals surface area contributed by atoms with Crippen LogP contribution in [0.4, 0.5) is 0 Å². The number of amides is 2. The van der Waals surface area contributed by atoms with Gasteiger partial charge in [-0.1, -0.05) is 6.92 Å². The molecule has 1 aliphatic heterocycles. The van der Waals surface area contributed by atoms with Crippen molar-refractivity contribution in [3.63, 3.8) is 0 Å². The highest BCUT2D eigenvalue weighted by Crippen LogP contribution is 2.08. The van der Waals surface area contributed by atoms with Gasteiger partial charge in [0.05, 0.1) is 0 Å². The fraction of sp³-hybridized carbons (Fsp3) is 0.800. The molecule has 0 aromatic carbocycles. The van der Waals surface area contributed by atoms with Gasteiger partial charge in [0.25, 0.3) is 0 Å². The Morgan fingerprint density at radius 2 is 2.40 bits per heavy atom. The molecule has 2 unspecified atom stereocenters. The maximum Gasteiger partial charge on any atom is 0.244 e. The zero-order valence-corrected chi connectivity index (χ0v) is 9.32. The van der Waals surface area contributed by atoms with Gasteiger partial charge in [0, 0.05) is 26.1 Å². The zero-order valence-electron chi connectivity index (χ0n) is 9.32. The van der Waals surface area contributed by atoms with Gasteiger partial charge in [-0.2, -0.15) is 0 Å². The van der Waals surface area contributed by atoms with Gasteiger partial charge >= 0.3 is 0 Å². The third-order valence-electron chi connectivity index (χ3n) is 2.73. The summed E-state index contributed by atoms with van der Waals surface area (Å²) in [5, 5.41) is 2.71. The van der Waals surface area contributed by atoms with Crippen LogP contribution < -0.4 is 11.1 Å². The lowest BCUT2D eigenvalue weighted by Gasteiger charge is -2.14. The summed E-state index contributed by atoms with van der Waals surface area (Å²) in [6.45, 7) is 2.65. The van der Waals surface area contributed by atoms with Crippen LogP contribution in [0.1, 0.15) is 26.2 Å². The monoisotopic (exact) mass is 213 g/mol. The molecule has 2 atom stereocenters. The lowest BCUT2D eigenvalue weighted by Crippen LogP contribution is -2.42. The van der Waals surface area contributed by atoms with Crippen molar-refractivity contribution in [2.24, 2.45) is 5.73 Å². The van der Waals surface area contributed by atoms with Crippen molar-refractivity contribution in [3.05, 3.63) is 0 Å². The second-order valence-corrected chi connectivity index (χ2v) is 4.04. The predicted molar refractivity (Wildman–Crippen MR) is 57.1 cm³/mol. The first kappa shape index (κ1) is 12.0. The van der Waals surface area contributed by atoms with Crippen LogP contribution in [0, 0.1) is 0 Å². The van der Waals surface area contributed by atoms with E-state index in [2.05, 4.69) is 5.32 Å². The van der Waals surface area contributed by atoms with Crippen molar-refractivity contribution in [2.75, 3.05) is 13.6 Å². The van der Waals surface area contributed by atoms with Crippen molar-refractivity contribution in [1.29, 1.82) is 0 Å². The van der Waals surface area contributed by atoms with Crippen LogP contribution in [0.15, 0.2) is 0 Å². The maximum absolute atomic E-state index is 11.5. The molecule has 1 heterocycles. The molecule has 3 N–H and O–H groups in total. The summed E-state index contributed by atoms with van der Waals surface area (Å²) in [6, 6.07) is -0.453. The van der Waals surface area contributed by atoms with Crippen molar-refractivity contribution >= 4 is 11.8 Å². The van der Waals surface area contributed by atoms with Gasteiger partial charge in [-0.3, -0.25) is 9.59 Å². The third-order valence-corrected chi connectivity index (χ3v) is 2.73. The third kappa shape index (κ3) is 3.20. The Morgan fingerprint density at radius 3 is 2.87 bits per heavy atom. The van der Waals surface area contributed by atoms with Crippen LogP contribution in [0.25, 0.3) is 0 Å². The van der Waals surface area contributed by atoms with Gasteiger partial charge in [-0.15, -0.1) is 0 Å². The number of carbonyl (C=O) groups is 2. The van der Waals surface area contributed by atoms with Gasteiger partial charge in [0.2, 0.25) is 11.8 Å². The molecule has 0 spiro atoms. The number of likely N-dealkylation sites (tertiary alicyclic amines) is 1. The first-order valence-electron chi connectivity index (χ1n) is 5.34. The molecule has 1 fully saturated rings. The number of hydrogen-bond acceptors (Lipinski definition) is 3. The molecule has 0 radical (unpaired) electrons. The van der Waals surface area contributed by atoms with E-state index in [0.717, 1.165) is 6.42 Å². The Labute approximate surface area is 90.0 Å². The highest BCUT2D eigenvalue weighted by atomic mass is 16.2. The Balaban J connectivity index is 2.36. The van der Waals surface area contributed by atoms with Crippen LogP contribution in [0.2, 0.25) is 0 Å². The minimum absolute atomic E-state index is 0.00609. The first-order valence-corrected chi connectivity index (χ1v) is 5.34. The fourth-order valence-corrected chi connectivity index (χ4v) is 1.59. The molecule has 1 saturated heterocycles. The van der Waals surface area contributed by atoms with E-state index in [1.54, 1.807) is 11.9 Å². The molecule has 0 aromatic rings. The molecular formula is C10H19N3O2. The van der Waals surface area contributed by atoms with E-state index in [4.69, 9.17) is 5.73 Å². The van der Waals surface area contributed by atoms with E-state index < -0.39 is 0 Å². The number of carbonyl (C=O) groups excluding carboxylic acids is 2. The lowest BCUT2D eigenvalue weighted by atomic mass is 10.1. The lowest BCUT2D eigenvalue weighted by molar-refractivity contribution is -0.131. The number of nitrogens with zero attached hydrogens (tertiary/aromatic N) is 1. The Morgan fingerprint density at radius 1 is 1.73 bits per heavy atom. The fourth-order valence-electron chi connectivity index (χ4n) is 1.59. The van der Waals surface area contributed by atoms with Crippen molar-refractivity contribution in [2.45, 2.75) is 38.3 Å². The minimum atomic E-state index is -0.341. The van der Waals surface area contributed by atoms with E-state index in [1.165, 1.54) is 0 Å². The van der Waals surface area contributed by atoms with Gasteiger partial charge < -0.3 is 16.0 Å². The quantitative estimate of drug-likeness (QED) is 0.658. The standard InChI is InChI=1S/C10H19N3O2/c1-3-7(11)6-9(14)12-8-4-5-13(2)10(8)15/h7-8H,3-6,11H2,1-2H3,(H,12,14). The van der Waals surface area contributed by atoms with Crippen LogP contribution in [-0.4, -0.2) is 42.4 Å². The van der Waals surface area contributed by atoms with Crippen LogP contribution in [0.5, 0.6) is 0 Å². The summed E-state index contributed by atoms with van der Waals surface area (Å²) in [7, 11) is 1.74. The van der Waals surface area contributed by atoms with E-state index in [1.807, 2.05) is 6.92 Å². The number of nitrogens with one attached hydrogen (secondary N) is 1. The predicted octanol–water partition coefficient (Wildman–Crippen LogP) is -0.539. The molecule has 0 aliphatic carbocycles. The average molecular weight is 213 g/mol. The van der Waals surface area contributed by atoms with Crippen molar-refractivity contribution in [3.8, 4) is 0 Å². The molecule has 1 rings (SSSR count). The van der Waals surface area contributed by atoms with E-state index in [9.17, 15) is 9.59 Å². The van der Waals surface area contributed by atoms with E-state index in [0.29, 0.717) is 19.4 Å². The van der Waals surface area contributed by atoms with Crippen LogP contribution in [0.3, 0.4) is 0 Å². The molecule has 86 valence electrons. The molecule has 0 bridgehead atoms. The number of likely N-dealkylation sites (N-methyl/N-ethyl adjacent to an activating group) is 1. The molecule has 5 heteroatoms. The van der Waals surface area contributed by atoms with Crippen molar-refractivity contribution < 1.29 is 9.59 Å². The van der Waals surface area contributed by atoms with Gasteiger partial charge in [0.1, 0.15) is 6.04 Å². The second-order valence-electron chi connectivity index (χ2n) is 4.04. The van der Waals surface area contributed by atoms with Gasteiger partial charge in [0.15, 0.2) is 0 Å². The summed E-state index contributed by atoms with van der Waals surface area (Å²) in [6.07, 6.45) is 1.76. The molecular weight excluding hydrogens is 194 g/mol. The summed E-state index contributed by atoms with van der Waals surface area (Å²) >= 11 is 0.